The summed E-state index contributed by atoms with van der Waals surface area (Å²) in [5, 5.41) is 10.0. The number of hydrogen-bond acceptors (Lipinski definition) is 4. The minimum absolute atomic E-state index is 0.0816. The van der Waals surface area contributed by atoms with Gasteiger partial charge in [-0.15, -0.1) is 0 Å². The Morgan fingerprint density at radius 1 is 1.00 bits per heavy atom. The van der Waals surface area contributed by atoms with Crippen molar-refractivity contribution in [1.29, 1.82) is 0 Å². The number of carboxylic acid groups (broad SMARTS) is 1. The molecule has 2 aromatic carbocycles. The zero-order valence-corrected chi connectivity index (χ0v) is 18.0. The second-order valence-electron chi connectivity index (χ2n) is 7.95. The topological polar surface area (TPSA) is 83.6 Å². The van der Waals surface area contributed by atoms with Crippen molar-refractivity contribution in [2.24, 2.45) is 5.73 Å². The lowest BCUT2D eigenvalue weighted by Crippen LogP contribution is -2.57. The first-order chi connectivity index (χ1) is 14.5. The van der Waals surface area contributed by atoms with Gasteiger partial charge in [0.15, 0.2) is 0 Å². The highest BCUT2D eigenvalue weighted by molar-refractivity contribution is 7.80. The maximum atomic E-state index is 13.0. The summed E-state index contributed by atoms with van der Waals surface area (Å²) in [6.07, 6.45) is 5.02. The second kappa shape index (κ2) is 10.6. The number of rotatable bonds is 8. The van der Waals surface area contributed by atoms with Crippen LogP contribution in [0.25, 0.3) is 11.1 Å². The third-order valence-corrected chi connectivity index (χ3v) is 6.24. The average molecular weight is 427 g/mol. The minimum Gasteiger partial charge on any atom is -0.480 e. The SMILES string of the molecule is N[C@@H](CS)C(=O)N(C1CCCCC1)[C@@H](Cc1ccc(-c2ccccc2)cc1)C(=O)O. The molecule has 3 rings (SSSR count). The molecular weight excluding hydrogens is 396 g/mol. The monoisotopic (exact) mass is 426 g/mol. The molecule has 2 atom stereocenters. The Labute approximate surface area is 183 Å². The molecule has 1 aliphatic carbocycles. The van der Waals surface area contributed by atoms with Gasteiger partial charge in [-0.3, -0.25) is 4.79 Å². The van der Waals surface area contributed by atoms with Gasteiger partial charge in [-0.05, 0) is 29.5 Å². The maximum absolute atomic E-state index is 13.0. The summed E-state index contributed by atoms with van der Waals surface area (Å²) >= 11 is 4.16. The Morgan fingerprint density at radius 2 is 1.60 bits per heavy atom. The summed E-state index contributed by atoms with van der Waals surface area (Å²) in [5.74, 6) is -1.11. The van der Waals surface area contributed by atoms with Gasteiger partial charge in [0.2, 0.25) is 5.91 Å². The molecule has 0 aromatic heterocycles. The fourth-order valence-corrected chi connectivity index (χ4v) is 4.36. The van der Waals surface area contributed by atoms with Crippen molar-refractivity contribution in [2.75, 3.05) is 5.75 Å². The number of carbonyl (C=O) groups is 2. The van der Waals surface area contributed by atoms with Crippen LogP contribution in [0.3, 0.4) is 0 Å². The normalized spacial score (nSPS) is 16.6. The van der Waals surface area contributed by atoms with Crippen molar-refractivity contribution < 1.29 is 14.7 Å². The zero-order valence-electron chi connectivity index (χ0n) is 17.1. The predicted molar refractivity (Wildman–Crippen MR) is 123 cm³/mol. The van der Waals surface area contributed by atoms with Crippen LogP contribution in [0.2, 0.25) is 0 Å². The maximum Gasteiger partial charge on any atom is 0.326 e. The molecule has 0 bridgehead atoms. The first kappa shape index (κ1) is 22.4. The van der Waals surface area contributed by atoms with Gasteiger partial charge in [0, 0.05) is 18.2 Å². The Kier molecular flexibility index (Phi) is 7.94. The summed E-state index contributed by atoms with van der Waals surface area (Å²) < 4.78 is 0. The van der Waals surface area contributed by atoms with Crippen molar-refractivity contribution >= 4 is 24.5 Å². The molecule has 0 saturated heterocycles. The van der Waals surface area contributed by atoms with E-state index >= 15 is 0 Å². The van der Waals surface area contributed by atoms with Gasteiger partial charge in [-0.1, -0.05) is 73.9 Å². The van der Waals surface area contributed by atoms with Gasteiger partial charge in [0.25, 0.3) is 0 Å². The van der Waals surface area contributed by atoms with Crippen LogP contribution in [0.1, 0.15) is 37.7 Å². The molecule has 1 aliphatic rings. The summed E-state index contributed by atoms with van der Waals surface area (Å²) in [7, 11) is 0. The largest absolute Gasteiger partial charge is 0.480 e. The average Bonchev–Trinajstić information content (AvgIpc) is 2.79. The van der Waals surface area contributed by atoms with E-state index < -0.39 is 18.1 Å². The Bertz CT molecular complexity index is 835. The Hall–Kier alpha value is -2.31. The Morgan fingerprint density at radius 3 is 2.17 bits per heavy atom. The standard InChI is InChI=1S/C24H30N2O3S/c25-21(16-30)23(27)26(20-9-5-2-6-10-20)22(24(28)29)15-17-11-13-19(14-12-17)18-7-3-1-4-8-18/h1,3-4,7-8,11-14,20-22,30H,2,5-6,9-10,15-16,25H2,(H,28,29)/t21-,22-/m0/s1. The first-order valence-electron chi connectivity index (χ1n) is 10.6. The van der Waals surface area contributed by atoms with E-state index in [4.69, 9.17) is 5.73 Å². The van der Waals surface area contributed by atoms with Gasteiger partial charge < -0.3 is 15.7 Å². The third kappa shape index (κ3) is 5.43. The molecule has 6 heteroatoms. The van der Waals surface area contributed by atoms with Crippen LogP contribution in [-0.4, -0.2) is 45.8 Å². The molecule has 160 valence electrons. The summed E-state index contributed by atoms with van der Waals surface area (Å²) in [6, 6.07) is 16.1. The van der Waals surface area contributed by atoms with Gasteiger partial charge in [-0.25, -0.2) is 4.79 Å². The van der Waals surface area contributed by atoms with Crippen LogP contribution in [0.15, 0.2) is 54.6 Å². The molecule has 0 aliphatic heterocycles. The number of aliphatic carboxylic acids is 1. The summed E-state index contributed by atoms with van der Waals surface area (Å²) in [5.41, 5.74) is 9.05. The zero-order chi connectivity index (χ0) is 21.5. The summed E-state index contributed by atoms with van der Waals surface area (Å²) in [6.45, 7) is 0. The number of nitrogens with two attached hydrogens (primary N) is 1. The van der Waals surface area contributed by atoms with Crippen molar-refractivity contribution in [3.8, 4) is 11.1 Å². The predicted octanol–water partition coefficient (Wildman–Crippen LogP) is 3.77. The van der Waals surface area contributed by atoms with Gasteiger partial charge >= 0.3 is 5.97 Å². The number of hydrogen-bond donors (Lipinski definition) is 3. The number of amides is 1. The lowest BCUT2D eigenvalue weighted by molar-refractivity contribution is -0.153. The van der Waals surface area contributed by atoms with Crippen LogP contribution in [-0.2, 0) is 16.0 Å². The van der Waals surface area contributed by atoms with Crippen LogP contribution in [0, 0.1) is 0 Å². The fourth-order valence-electron chi connectivity index (χ4n) is 4.21. The lowest BCUT2D eigenvalue weighted by atomic mass is 9.91. The van der Waals surface area contributed by atoms with Crippen LogP contribution in [0.5, 0.6) is 0 Å². The highest BCUT2D eigenvalue weighted by Gasteiger charge is 2.37. The smallest absolute Gasteiger partial charge is 0.326 e. The lowest BCUT2D eigenvalue weighted by Gasteiger charge is -2.39. The van der Waals surface area contributed by atoms with E-state index in [0.717, 1.165) is 48.8 Å². The minimum atomic E-state index is -0.993. The van der Waals surface area contributed by atoms with E-state index in [1.54, 1.807) is 4.90 Å². The molecule has 5 nitrogen and oxygen atoms in total. The van der Waals surface area contributed by atoms with Crippen LogP contribution >= 0.6 is 12.6 Å². The van der Waals surface area contributed by atoms with Gasteiger partial charge in [0.1, 0.15) is 6.04 Å². The highest BCUT2D eigenvalue weighted by atomic mass is 32.1. The molecule has 3 N–H and O–H groups in total. The molecule has 2 aromatic rings. The molecule has 0 unspecified atom stereocenters. The quantitative estimate of drug-likeness (QED) is 0.561. The molecule has 0 radical (unpaired) electrons. The molecule has 30 heavy (non-hydrogen) atoms. The number of nitrogens with zero attached hydrogens (tertiary/aromatic N) is 1. The highest BCUT2D eigenvalue weighted by Crippen LogP contribution is 2.27. The van der Waals surface area contributed by atoms with Gasteiger partial charge in [0.05, 0.1) is 6.04 Å². The third-order valence-electron chi connectivity index (χ3n) is 5.85. The molecule has 1 amide bonds. The molecule has 0 spiro atoms. The van der Waals surface area contributed by atoms with E-state index in [0.29, 0.717) is 0 Å². The van der Waals surface area contributed by atoms with Crippen molar-refractivity contribution in [3.63, 3.8) is 0 Å². The van der Waals surface area contributed by atoms with Crippen LogP contribution < -0.4 is 5.73 Å². The molecule has 1 saturated carbocycles. The van der Waals surface area contributed by atoms with E-state index in [-0.39, 0.29) is 24.1 Å². The van der Waals surface area contributed by atoms with E-state index in [9.17, 15) is 14.7 Å². The fraction of sp³-hybridized carbons (Fsp3) is 0.417. The van der Waals surface area contributed by atoms with Crippen LogP contribution in [0.4, 0.5) is 0 Å². The van der Waals surface area contributed by atoms with Crippen molar-refractivity contribution in [3.05, 3.63) is 60.2 Å². The molecule has 0 heterocycles. The van der Waals surface area contributed by atoms with E-state index in [2.05, 4.69) is 12.6 Å². The number of benzene rings is 2. The summed E-state index contributed by atoms with van der Waals surface area (Å²) in [4.78, 5) is 26.8. The van der Waals surface area contributed by atoms with Crippen molar-refractivity contribution in [2.45, 2.75) is 56.7 Å². The van der Waals surface area contributed by atoms with E-state index in [1.807, 2.05) is 54.6 Å². The van der Waals surface area contributed by atoms with Crippen molar-refractivity contribution in [1.82, 2.24) is 4.90 Å². The Balaban J connectivity index is 1.84. The number of carbonyl (C=O) groups excluding carboxylic acids is 1. The second-order valence-corrected chi connectivity index (χ2v) is 8.31. The number of carboxylic acids is 1. The van der Waals surface area contributed by atoms with Gasteiger partial charge in [-0.2, -0.15) is 12.6 Å². The number of thiol groups is 1. The molecular formula is C24H30N2O3S. The first-order valence-corrected chi connectivity index (χ1v) is 11.2. The molecule has 1 fully saturated rings. The van der Waals surface area contributed by atoms with E-state index in [1.165, 1.54) is 0 Å².